The summed E-state index contributed by atoms with van der Waals surface area (Å²) in [6.45, 7) is 10.9. The minimum atomic E-state index is 0. The van der Waals surface area contributed by atoms with Crippen molar-refractivity contribution in [2.24, 2.45) is 4.99 Å². The first-order valence-corrected chi connectivity index (χ1v) is 10.2. The summed E-state index contributed by atoms with van der Waals surface area (Å²) >= 11 is 3.44. The molecule has 140 valence electrons. The van der Waals surface area contributed by atoms with Crippen molar-refractivity contribution in [2.45, 2.75) is 46.5 Å². The molecule has 0 amide bonds. The first kappa shape index (κ1) is 22.3. The SMILES string of the molecule is CCNC(=NCCc1csc(C(C)C)n1)NCCc1csc(C)n1.I. The zero-order chi connectivity index (χ0) is 17.4. The summed E-state index contributed by atoms with van der Waals surface area (Å²) in [7, 11) is 0. The van der Waals surface area contributed by atoms with Gasteiger partial charge in [-0.1, -0.05) is 13.8 Å². The van der Waals surface area contributed by atoms with Crippen LogP contribution in [0, 0.1) is 6.92 Å². The van der Waals surface area contributed by atoms with Gasteiger partial charge in [0.25, 0.3) is 0 Å². The largest absolute Gasteiger partial charge is 0.357 e. The standard InChI is InChI=1S/C17H27N5S2.HI/c1-5-18-17(19-8-6-14-10-23-13(4)21-14)20-9-7-15-11-24-16(22-15)12(2)3;/h10-12H,5-9H2,1-4H3,(H2,18,19,20);1H. The number of nitrogens with zero attached hydrogens (tertiary/aromatic N) is 3. The molecule has 2 rings (SSSR count). The molecule has 0 aliphatic carbocycles. The van der Waals surface area contributed by atoms with Crippen molar-refractivity contribution in [3.8, 4) is 0 Å². The van der Waals surface area contributed by atoms with E-state index in [0.717, 1.165) is 54.8 Å². The fourth-order valence-corrected chi connectivity index (χ4v) is 3.68. The smallest absolute Gasteiger partial charge is 0.191 e. The summed E-state index contributed by atoms with van der Waals surface area (Å²) in [5, 5.41) is 13.3. The summed E-state index contributed by atoms with van der Waals surface area (Å²) < 4.78 is 0. The van der Waals surface area contributed by atoms with E-state index in [9.17, 15) is 0 Å². The molecule has 0 fully saturated rings. The zero-order valence-corrected chi connectivity index (χ0v) is 19.3. The highest BCUT2D eigenvalue weighted by Gasteiger charge is 2.05. The Bertz CT molecular complexity index is 651. The van der Waals surface area contributed by atoms with E-state index in [-0.39, 0.29) is 24.0 Å². The number of hydrogen-bond donors (Lipinski definition) is 2. The number of rotatable bonds is 8. The zero-order valence-electron chi connectivity index (χ0n) is 15.3. The Morgan fingerprint density at radius 2 is 1.84 bits per heavy atom. The molecule has 0 radical (unpaired) electrons. The summed E-state index contributed by atoms with van der Waals surface area (Å²) in [4.78, 5) is 13.8. The average Bonchev–Trinajstić information content (AvgIpc) is 3.16. The molecule has 0 saturated carbocycles. The Morgan fingerprint density at radius 1 is 1.12 bits per heavy atom. The van der Waals surface area contributed by atoms with Crippen molar-refractivity contribution >= 4 is 52.6 Å². The molecule has 25 heavy (non-hydrogen) atoms. The van der Waals surface area contributed by atoms with Crippen molar-refractivity contribution in [1.82, 2.24) is 20.6 Å². The van der Waals surface area contributed by atoms with Crippen LogP contribution < -0.4 is 10.6 Å². The molecule has 0 unspecified atom stereocenters. The van der Waals surface area contributed by atoms with Crippen LogP contribution in [0.5, 0.6) is 0 Å². The maximum Gasteiger partial charge on any atom is 0.191 e. The molecule has 0 aliphatic heterocycles. The van der Waals surface area contributed by atoms with E-state index in [1.165, 1.54) is 5.01 Å². The maximum absolute atomic E-state index is 4.66. The van der Waals surface area contributed by atoms with Gasteiger partial charge in [0.05, 0.1) is 21.4 Å². The lowest BCUT2D eigenvalue weighted by molar-refractivity contribution is 0.784. The van der Waals surface area contributed by atoms with Gasteiger partial charge in [0.15, 0.2) is 5.96 Å². The summed E-state index contributed by atoms with van der Waals surface area (Å²) in [6.07, 6.45) is 1.80. The van der Waals surface area contributed by atoms with Crippen LogP contribution in [0.4, 0.5) is 0 Å². The number of aliphatic imine (C=N–C) groups is 1. The quantitative estimate of drug-likeness (QED) is 0.332. The van der Waals surface area contributed by atoms with Gasteiger partial charge >= 0.3 is 0 Å². The van der Waals surface area contributed by atoms with Crippen LogP contribution in [0.25, 0.3) is 0 Å². The molecular weight excluding hydrogens is 465 g/mol. The molecule has 0 saturated heterocycles. The summed E-state index contributed by atoms with van der Waals surface area (Å²) in [6, 6.07) is 0. The predicted molar refractivity (Wildman–Crippen MR) is 120 cm³/mol. The van der Waals surface area contributed by atoms with Crippen LogP contribution in [-0.4, -0.2) is 35.6 Å². The Morgan fingerprint density at radius 3 is 2.44 bits per heavy atom. The van der Waals surface area contributed by atoms with E-state index in [1.54, 1.807) is 22.7 Å². The van der Waals surface area contributed by atoms with Crippen LogP contribution in [0.1, 0.15) is 48.1 Å². The molecule has 0 aliphatic rings. The van der Waals surface area contributed by atoms with E-state index >= 15 is 0 Å². The summed E-state index contributed by atoms with van der Waals surface area (Å²) in [5.74, 6) is 1.37. The first-order chi connectivity index (χ1) is 11.6. The fraction of sp³-hybridized carbons (Fsp3) is 0.588. The van der Waals surface area contributed by atoms with Gasteiger partial charge in [-0.25, -0.2) is 9.97 Å². The molecule has 8 heteroatoms. The lowest BCUT2D eigenvalue weighted by atomic mass is 10.2. The second kappa shape index (κ2) is 11.8. The van der Waals surface area contributed by atoms with Crippen LogP contribution in [0.2, 0.25) is 0 Å². The number of aryl methyl sites for hydroxylation is 1. The monoisotopic (exact) mass is 493 g/mol. The van der Waals surface area contributed by atoms with Crippen LogP contribution in [0.15, 0.2) is 15.8 Å². The van der Waals surface area contributed by atoms with Gasteiger partial charge in [0.1, 0.15) is 0 Å². The first-order valence-electron chi connectivity index (χ1n) is 8.46. The van der Waals surface area contributed by atoms with Crippen molar-refractivity contribution in [2.75, 3.05) is 19.6 Å². The van der Waals surface area contributed by atoms with Crippen molar-refractivity contribution in [3.63, 3.8) is 0 Å². The number of halogens is 1. The number of thiazole rings is 2. The minimum absolute atomic E-state index is 0. The number of aromatic nitrogens is 2. The van der Waals surface area contributed by atoms with E-state index in [0.29, 0.717) is 5.92 Å². The van der Waals surface area contributed by atoms with Crippen LogP contribution in [0.3, 0.4) is 0 Å². The minimum Gasteiger partial charge on any atom is -0.357 e. The molecule has 2 aromatic rings. The van der Waals surface area contributed by atoms with Crippen LogP contribution in [-0.2, 0) is 12.8 Å². The number of nitrogens with one attached hydrogen (secondary N) is 2. The molecular formula is C17H28IN5S2. The molecule has 2 heterocycles. The van der Waals surface area contributed by atoms with E-state index in [2.05, 4.69) is 57.1 Å². The van der Waals surface area contributed by atoms with Gasteiger partial charge in [-0.2, -0.15) is 0 Å². The highest BCUT2D eigenvalue weighted by Crippen LogP contribution is 2.19. The molecule has 0 spiro atoms. The molecule has 0 aromatic carbocycles. The Balaban J connectivity index is 0.00000312. The van der Waals surface area contributed by atoms with E-state index < -0.39 is 0 Å². The normalized spacial score (nSPS) is 11.5. The van der Waals surface area contributed by atoms with E-state index in [4.69, 9.17) is 0 Å². The Kier molecular flexibility index (Phi) is 10.5. The Hall–Kier alpha value is -0.740. The fourth-order valence-electron chi connectivity index (χ4n) is 2.16. The number of hydrogen-bond acceptors (Lipinski definition) is 5. The highest BCUT2D eigenvalue weighted by molar-refractivity contribution is 14.0. The van der Waals surface area contributed by atoms with Gasteiger partial charge in [-0.3, -0.25) is 4.99 Å². The third-order valence-electron chi connectivity index (χ3n) is 3.39. The van der Waals surface area contributed by atoms with Gasteiger partial charge < -0.3 is 10.6 Å². The maximum atomic E-state index is 4.66. The van der Waals surface area contributed by atoms with Crippen molar-refractivity contribution < 1.29 is 0 Å². The third-order valence-corrected chi connectivity index (χ3v) is 5.40. The lowest BCUT2D eigenvalue weighted by Crippen LogP contribution is -2.38. The highest BCUT2D eigenvalue weighted by atomic mass is 127. The van der Waals surface area contributed by atoms with Crippen molar-refractivity contribution in [3.05, 3.63) is 32.2 Å². The second-order valence-electron chi connectivity index (χ2n) is 5.88. The van der Waals surface area contributed by atoms with Gasteiger partial charge in [0, 0.05) is 49.2 Å². The average molecular weight is 493 g/mol. The third kappa shape index (κ3) is 8.00. The topological polar surface area (TPSA) is 62.2 Å². The predicted octanol–water partition coefficient (Wildman–Crippen LogP) is 3.99. The van der Waals surface area contributed by atoms with Gasteiger partial charge in [-0.15, -0.1) is 46.7 Å². The van der Waals surface area contributed by atoms with Crippen molar-refractivity contribution in [1.29, 1.82) is 0 Å². The second-order valence-corrected chi connectivity index (χ2v) is 7.83. The molecule has 2 N–H and O–H groups in total. The molecule has 5 nitrogen and oxygen atoms in total. The van der Waals surface area contributed by atoms with E-state index in [1.807, 2.05) is 6.92 Å². The molecule has 0 atom stereocenters. The number of guanidine groups is 1. The lowest BCUT2D eigenvalue weighted by Gasteiger charge is -2.10. The summed E-state index contributed by atoms with van der Waals surface area (Å²) in [5.41, 5.74) is 2.28. The van der Waals surface area contributed by atoms with Gasteiger partial charge in [-0.05, 0) is 13.8 Å². The Labute approximate surface area is 175 Å². The van der Waals surface area contributed by atoms with Gasteiger partial charge in [0.2, 0.25) is 0 Å². The molecule has 2 aromatic heterocycles. The van der Waals surface area contributed by atoms with Crippen LogP contribution >= 0.6 is 46.7 Å². The molecule has 0 bridgehead atoms.